The summed E-state index contributed by atoms with van der Waals surface area (Å²) in [4.78, 5) is 25.4. The third-order valence-corrected chi connectivity index (χ3v) is 4.48. The fourth-order valence-electron chi connectivity index (χ4n) is 3.08. The molecule has 1 aromatic carbocycles. The number of carbonyl (C=O) groups is 1. The maximum absolute atomic E-state index is 12.4. The average Bonchev–Trinajstić information content (AvgIpc) is 2.73. The van der Waals surface area contributed by atoms with Crippen molar-refractivity contribution < 1.29 is 4.79 Å². The second kappa shape index (κ2) is 9.01. The summed E-state index contributed by atoms with van der Waals surface area (Å²) in [6, 6.07) is 11.2. The Morgan fingerprint density at radius 3 is 2.53 bits per heavy atom. The van der Waals surface area contributed by atoms with Crippen LogP contribution in [0.2, 0.25) is 0 Å². The van der Waals surface area contributed by atoms with Crippen LogP contribution in [0.1, 0.15) is 39.9 Å². The highest BCUT2D eigenvalue weighted by atomic mass is 16.1. The van der Waals surface area contributed by atoms with Gasteiger partial charge in [0, 0.05) is 36.8 Å². The van der Waals surface area contributed by atoms with Crippen LogP contribution in [-0.2, 0) is 6.42 Å². The normalized spacial score (nSPS) is 10.2. The molecule has 3 aromatic rings. The Morgan fingerprint density at radius 1 is 1.07 bits per heavy atom. The lowest BCUT2D eigenvalue weighted by Gasteiger charge is -2.16. The van der Waals surface area contributed by atoms with Crippen LogP contribution in [0.3, 0.4) is 0 Å². The molecular formula is C22H23N7O. The molecule has 0 bridgehead atoms. The molecule has 0 saturated heterocycles. The van der Waals surface area contributed by atoms with Gasteiger partial charge >= 0.3 is 0 Å². The van der Waals surface area contributed by atoms with Crippen LogP contribution in [0.5, 0.6) is 0 Å². The molecule has 1 amide bonds. The highest BCUT2D eigenvalue weighted by molar-refractivity contribution is 6.00. The fourth-order valence-corrected chi connectivity index (χ4v) is 3.08. The number of carbonyl (C=O) groups excluding carboxylic acids is 1. The summed E-state index contributed by atoms with van der Waals surface area (Å²) in [5, 5.41) is 18.3. The maximum atomic E-state index is 12.4. The quantitative estimate of drug-likeness (QED) is 0.576. The van der Waals surface area contributed by atoms with E-state index >= 15 is 0 Å². The summed E-state index contributed by atoms with van der Waals surface area (Å²) in [5.74, 6) is 1.56. The maximum Gasteiger partial charge on any atom is 0.254 e. The Balaban J connectivity index is 2.00. The number of amides is 1. The number of aryl methyl sites for hydroxylation is 3. The molecule has 30 heavy (non-hydrogen) atoms. The van der Waals surface area contributed by atoms with Crippen molar-refractivity contribution in [2.24, 2.45) is 0 Å². The van der Waals surface area contributed by atoms with E-state index in [1.54, 1.807) is 19.2 Å². The standard InChI is InChI=1S/C22H23N7O/c1-5-16-9-15(11-23)6-7-18(16)28-19-10-20(25-12-17(19)22(30)24-4)29-21-8-13(2)26-14(3)27-21/h6-10,12H,5H2,1-4H3,(H,24,30)(H2,25,26,27,28,29). The predicted octanol–water partition coefficient (Wildman–Crippen LogP) is 3.77. The lowest BCUT2D eigenvalue weighted by molar-refractivity contribution is 0.0963. The Kier molecular flexibility index (Phi) is 6.23. The van der Waals surface area contributed by atoms with Gasteiger partial charge < -0.3 is 16.0 Å². The van der Waals surface area contributed by atoms with Gasteiger partial charge in [-0.05, 0) is 44.0 Å². The van der Waals surface area contributed by atoms with E-state index in [0.29, 0.717) is 34.3 Å². The van der Waals surface area contributed by atoms with Crippen LogP contribution in [-0.4, -0.2) is 27.9 Å². The Labute approximate surface area is 175 Å². The van der Waals surface area contributed by atoms with E-state index in [0.717, 1.165) is 23.4 Å². The Hall–Kier alpha value is -3.99. The minimum atomic E-state index is -0.253. The van der Waals surface area contributed by atoms with Gasteiger partial charge in [-0.3, -0.25) is 4.79 Å². The highest BCUT2D eigenvalue weighted by Gasteiger charge is 2.14. The number of nitrogens with one attached hydrogen (secondary N) is 3. The first-order chi connectivity index (χ1) is 14.4. The molecule has 0 fully saturated rings. The van der Waals surface area contributed by atoms with Crippen molar-refractivity contribution in [1.82, 2.24) is 20.3 Å². The zero-order valence-electron chi connectivity index (χ0n) is 17.4. The van der Waals surface area contributed by atoms with Gasteiger partial charge in [0.2, 0.25) is 0 Å². The van der Waals surface area contributed by atoms with Gasteiger partial charge in [0.1, 0.15) is 17.5 Å². The molecule has 152 valence electrons. The number of benzene rings is 1. The van der Waals surface area contributed by atoms with Crippen molar-refractivity contribution in [3.05, 3.63) is 64.7 Å². The van der Waals surface area contributed by atoms with Gasteiger partial charge in [-0.25, -0.2) is 15.0 Å². The molecule has 8 heteroatoms. The van der Waals surface area contributed by atoms with Gasteiger partial charge in [0.15, 0.2) is 0 Å². The molecule has 0 aliphatic rings. The van der Waals surface area contributed by atoms with Crippen molar-refractivity contribution in [1.29, 1.82) is 5.26 Å². The number of pyridine rings is 1. The summed E-state index contributed by atoms with van der Waals surface area (Å²) in [7, 11) is 1.57. The first-order valence-corrected chi connectivity index (χ1v) is 9.55. The van der Waals surface area contributed by atoms with Crippen LogP contribution >= 0.6 is 0 Å². The average molecular weight is 401 g/mol. The van der Waals surface area contributed by atoms with E-state index in [9.17, 15) is 4.79 Å². The molecule has 0 saturated carbocycles. The lowest BCUT2D eigenvalue weighted by Crippen LogP contribution is -2.19. The Morgan fingerprint density at radius 2 is 1.87 bits per heavy atom. The number of nitrogens with zero attached hydrogens (tertiary/aromatic N) is 4. The highest BCUT2D eigenvalue weighted by Crippen LogP contribution is 2.27. The van der Waals surface area contributed by atoms with Gasteiger partial charge in [-0.1, -0.05) is 6.92 Å². The summed E-state index contributed by atoms with van der Waals surface area (Å²) in [5.41, 5.74) is 4.24. The minimum Gasteiger partial charge on any atom is -0.355 e. The molecule has 8 nitrogen and oxygen atoms in total. The molecule has 3 rings (SSSR count). The number of hydrogen-bond donors (Lipinski definition) is 3. The Bertz CT molecular complexity index is 1110. The second-order valence-electron chi connectivity index (χ2n) is 6.72. The third kappa shape index (κ3) is 4.70. The molecule has 0 aliphatic carbocycles. The summed E-state index contributed by atoms with van der Waals surface area (Å²) in [6.07, 6.45) is 2.25. The molecule has 0 aliphatic heterocycles. The van der Waals surface area contributed by atoms with Crippen molar-refractivity contribution in [3.63, 3.8) is 0 Å². The lowest BCUT2D eigenvalue weighted by atomic mass is 10.1. The molecule has 0 radical (unpaired) electrons. The first-order valence-electron chi connectivity index (χ1n) is 9.55. The van der Waals surface area contributed by atoms with Crippen LogP contribution < -0.4 is 16.0 Å². The van der Waals surface area contributed by atoms with Gasteiger partial charge in [0.05, 0.1) is 22.9 Å². The van der Waals surface area contributed by atoms with Crippen molar-refractivity contribution in [2.45, 2.75) is 27.2 Å². The van der Waals surface area contributed by atoms with E-state index < -0.39 is 0 Å². The van der Waals surface area contributed by atoms with Crippen molar-refractivity contribution in [2.75, 3.05) is 17.7 Å². The monoisotopic (exact) mass is 401 g/mol. The van der Waals surface area contributed by atoms with Gasteiger partial charge in [0.25, 0.3) is 5.91 Å². The predicted molar refractivity (Wildman–Crippen MR) is 116 cm³/mol. The molecule has 0 unspecified atom stereocenters. The fraction of sp³-hybridized carbons (Fsp3) is 0.227. The van der Waals surface area contributed by atoms with E-state index in [2.05, 4.69) is 37.0 Å². The number of hydrogen-bond acceptors (Lipinski definition) is 7. The molecule has 0 spiro atoms. The zero-order chi connectivity index (χ0) is 21.7. The molecular weight excluding hydrogens is 378 g/mol. The second-order valence-corrected chi connectivity index (χ2v) is 6.72. The number of rotatable bonds is 6. The minimum absolute atomic E-state index is 0.253. The van der Waals surface area contributed by atoms with Crippen LogP contribution in [0.15, 0.2) is 36.5 Å². The van der Waals surface area contributed by atoms with Crippen molar-refractivity contribution in [3.8, 4) is 6.07 Å². The molecule has 2 heterocycles. The van der Waals surface area contributed by atoms with Crippen molar-refractivity contribution >= 4 is 28.9 Å². The summed E-state index contributed by atoms with van der Waals surface area (Å²) in [6.45, 7) is 5.73. The molecule has 3 N–H and O–H groups in total. The number of nitriles is 1. The van der Waals surface area contributed by atoms with Crippen LogP contribution in [0, 0.1) is 25.2 Å². The van der Waals surface area contributed by atoms with E-state index in [1.807, 2.05) is 39.0 Å². The first kappa shape index (κ1) is 20.7. The number of anilines is 4. The largest absolute Gasteiger partial charge is 0.355 e. The third-order valence-electron chi connectivity index (χ3n) is 4.48. The molecule has 0 atom stereocenters. The zero-order valence-corrected chi connectivity index (χ0v) is 17.4. The van der Waals surface area contributed by atoms with Gasteiger partial charge in [-0.2, -0.15) is 5.26 Å². The molecule has 2 aromatic heterocycles. The smallest absolute Gasteiger partial charge is 0.254 e. The van der Waals surface area contributed by atoms with Gasteiger partial charge in [-0.15, -0.1) is 0 Å². The topological polar surface area (TPSA) is 116 Å². The SMILES string of the molecule is CCc1cc(C#N)ccc1Nc1cc(Nc2cc(C)nc(C)n2)ncc1C(=O)NC. The van der Waals surface area contributed by atoms with Crippen LogP contribution in [0.25, 0.3) is 0 Å². The van der Waals surface area contributed by atoms with E-state index in [4.69, 9.17) is 5.26 Å². The summed E-state index contributed by atoms with van der Waals surface area (Å²) < 4.78 is 0. The van der Waals surface area contributed by atoms with Crippen LogP contribution in [0.4, 0.5) is 23.0 Å². The van der Waals surface area contributed by atoms with E-state index in [1.165, 1.54) is 6.20 Å². The number of aromatic nitrogens is 3. The van der Waals surface area contributed by atoms with E-state index in [-0.39, 0.29) is 5.91 Å². The summed E-state index contributed by atoms with van der Waals surface area (Å²) >= 11 is 0.